The summed E-state index contributed by atoms with van der Waals surface area (Å²) in [5.41, 5.74) is 0. The van der Waals surface area contributed by atoms with Crippen LogP contribution in [0.15, 0.2) is 0 Å². The normalized spacial score (nSPS) is 23.3. The highest BCUT2D eigenvalue weighted by molar-refractivity contribution is 5.65. The smallest absolute Gasteiger partial charge is 0.411 e. The number of rotatable bonds is 0. The van der Waals surface area contributed by atoms with Gasteiger partial charge in [0.15, 0.2) is 0 Å². The van der Waals surface area contributed by atoms with E-state index in [-0.39, 0.29) is 13.0 Å². The second-order valence-electron chi connectivity index (χ2n) is 2.67. The van der Waals surface area contributed by atoms with Crippen LogP contribution in [-0.2, 0) is 0 Å². The first-order valence-electron chi connectivity index (χ1n) is 3.49. The summed E-state index contributed by atoms with van der Waals surface area (Å²) in [4.78, 5) is 11.0. The van der Waals surface area contributed by atoms with Crippen LogP contribution in [0.3, 0.4) is 0 Å². The lowest BCUT2D eigenvalue weighted by molar-refractivity contribution is -0.262. The van der Waals surface area contributed by atoms with E-state index < -0.39 is 12.0 Å². The molecule has 0 aromatic rings. The molecule has 0 aliphatic carbocycles. The van der Waals surface area contributed by atoms with Crippen LogP contribution in [0.1, 0.15) is 19.3 Å². The molecule has 1 rings (SSSR count). The van der Waals surface area contributed by atoms with Gasteiger partial charge in [-0.25, -0.2) is 4.79 Å². The van der Waals surface area contributed by atoms with Crippen molar-refractivity contribution in [3.8, 4) is 0 Å². The minimum Gasteiger partial charge on any atom is -0.465 e. The largest absolute Gasteiger partial charge is 0.465 e. The molecule has 0 bridgehead atoms. The standard InChI is InChI=1S/C6H11NO4/c8-5(9)7-4-2-1-3-6(7,10)11/h10-11H,1-4H2,(H,8,9). The Kier molecular flexibility index (Phi) is 2.01. The number of carbonyl (C=O) groups is 1. The summed E-state index contributed by atoms with van der Waals surface area (Å²) in [5.74, 6) is -2.15. The summed E-state index contributed by atoms with van der Waals surface area (Å²) in [7, 11) is 0. The Balaban J connectivity index is 2.67. The molecule has 3 N–H and O–H groups in total. The van der Waals surface area contributed by atoms with Gasteiger partial charge in [0, 0.05) is 13.0 Å². The molecular weight excluding hydrogens is 150 g/mol. The van der Waals surface area contributed by atoms with Crippen molar-refractivity contribution in [3.63, 3.8) is 0 Å². The van der Waals surface area contributed by atoms with Crippen molar-refractivity contribution in [2.24, 2.45) is 0 Å². The van der Waals surface area contributed by atoms with E-state index in [1.807, 2.05) is 0 Å². The quantitative estimate of drug-likeness (QED) is 0.429. The fourth-order valence-electron chi connectivity index (χ4n) is 1.19. The molecule has 1 amide bonds. The van der Waals surface area contributed by atoms with Crippen molar-refractivity contribution in [1.29, 1.82) is 0 Å². The highest BCUT2D eigenvalue weighted by Crippen LogP contribution is 2.22. The van der Waals surface area contributed by atoms with Crippen molar-refractivity contribution >= 4 is 6.09 Å². The lowest BCUT2D eigenvalue weighted by Crippen LogP contribution is -2.54. The van der Waals surface area contributed by atoms with Gasteiger partial charge in [-0.1, -0.05) is 0 Å². The molecule has 5 nitrogen and oxygen atoms in total. The maximum absolute atomic E-state index is 10.4. The summed E-state index contributed by atoms with van der Waals surface area (Å²) < 4.78 is 0. The summed E-state index contributed by atoms with van der Waals surface area (Å²) in [5, 5.41) is 26.7. The van der Waals surface area contributed by atoms with Crippen molar-refractivity contribution in [1.82, 2.24) is 4.90 Å². The third-order valence-corrected chi connectivity index (χ3v) is 1.81. The first-order valence-corrected chi connectivity index (χ1v) is 3.49. The Bertz CT molecular complexity index is 168. The molecule has 64 valence electrons. The van der Waals surface area contributed by atoms with Crippen molar-refractivity contribution < 1.29 is 20.1 Å². The van der Waals surface area contributed by atoms with Crippen LogP contribution in [0.25, 0.3) is 0 Å². The average Bonchev–Trinajstić information content (AvgIpc) is 1.85. The first kappa shape index (κ1) is 8.29. The minimum atomic E-state index is -2.15. The Morgan fingerprint density at radius 1 is 1.36 bits per heavy atom. The van der Waals surface area contributed by atoms with E-state index in [4.69, 9.17) is 15.3 Å². The van der Waals surface area contributed by atoms with Gasteiger partial charge in [0.05, 0.1) is 0 Å². The molecule has 1 fully saturated rings. The molecule has 0 aromatic carbocycles. The van der Waals surface area contributed by atoms with Gasteiger partial charge in [0.25, 0.3) is 5.91 Å². The first-order chi connectivity index (χ1) is 5.04. The average molecular weight is 161 g/mol. The van der Waals surface area contributed by atoms with Crippen LogP contribution in [0.5, 0.6) is 0 Å². The van der Waals surface area contributed by atoms with E-state index in [1.54, 1.807) is 0 Å². The predicted molar refractivity (Wildman–Crippen MR) is 35.8 cm³/mol. The molecule has 11 heavy (non-hydrogen) atoms. The number of nitrogens with zero attached hydrogens (tertiary/aromatic N) is 1. The molecule has 1 aliphatic heterocycles. The molecule has 0 unspecified atom stereocenters. The molecule has 1 heterocycles. The van der Waals surface area contributed by atoms with Crippen LogP contribution in [-0.4, -0.2) is 38.8 Å². The summed E-state index contributed by atoms with van der Waals surface area (Å²) >= 11 is 0. The van der Waals surface area contributed by atoms with E-state index in [1.165, 1.54) is 0 Å². The third-order valence-electron chi connectivity index (χ3n) is 1.81. The number of likely N-dealkylation sites (tertiary alicyclic amines) is 1. The van der Waals surface area contributed by atoms with E-state index in [0.29, 0.717) is 17.7 Å². The van der Waals surface area contributed by atoms with E-state index >= 15 is 0 Å². The second-order valence-corrected chi connectivity index (χ2v) is 2.67. The number of carboxylic acid groups (broad SMARTS) is 1. The lowest BCUT2D eigenvalue weighted by atomic mass is 10.1. The molecule has 1 aliphatic rings. The van der Waals surface area contributed by atoms with Crippen LogP contribution >= 0.6 is 0 Å². The molecule has 5 heteroatoms. The van der Waals surface area contributed by atoms with Crippen LogP contribution in [0, 0.1) is 0 Å². The minimum absolute atomic E-state index is 0.0965. The van der Waals surface area contributed by atoms with Gasteiger partial charge in [0.1, 0.15) is 0 Å². The van der Waals surface area contributed by atoms with Crippen molar-refractivity contribution in [3.05, 3.63) is 0 Å². The predicted octanol–water partition coefficient (Wildman–Crippen LogP) is -0.211. The molecule has 0 atom stereocenters. The van der Waals surface area contributed by atoms with Gasteiger partial charge >= 0.3 is 6.09 Å². The topological polar surface area (TPSA) is 81.0 Å². The monoisotopic (exact) mass is 161 g/mol. The van der Waals surface area contributed by atoms with Crippen molar-refractivity contribution in [2.45, 2.75) is 25.2 Å². The molecule has 0 radical (unpaired) electrons. The number of aliphatic hydroxyl groups is 2. The SMILES string of the molecule is O=C(O)N1CCCCC1(O)O. The lowest BCUT2D eigenvalue weighted by Gasteiger charge is -2.36. The van der Waals surface area contributed by atoms with Gasteiger partial charge in [-0.2, -0.15) is 0 Å². The zero-order valence-electron chi connectivity index (χ0n) is 6.03. The molecule has 1 saturated heterocycles. The maximum Gasteiger partial charge on any atom is 0.411 e. The van der Waals surface area contributed by atoms with E-state index in [2.05, 4.69) is 0 Å². The van der Waals surface area contributed by atoms with Gasteiger partial charge in [0.2, 0.25) is 0 Å². The Hall–Kier alpha value is -0.810. The van der Waals surface area contributed by atoms with Gasteiger partial charge in [-0.15, -0.1) is 0 Å². The maximum atomic E-state index is 10.4. The molecule has 0 saturated carbocycles. The Morgan fingerprint density at radius 3 is 2.36 bits per heavy atom. The number of hydrogen-bond acceptors (Lipinski definition) is 3. The van der Waals surface area contributed by atoms with Crippen LogP contribution < -0.4 is 0 Å². The zero-order valence-corrected chi connectivity index (χ0v) is 6.03. The Labute approximate surface area is 63.9 Å². The highest BCUT2D eigenvalue weighted by atomic mass is 16.5. The second kappa shape index (κ2) is 2.67. The van der Waals surface area contributed by atoms with Gasteiger partial charge < -0.3 is 15.3 Å². The van der Waals surface area contributed by atoms with Gasteiger partial charge in [-0.3, -0.25) is 4.90 Å². The Morgan fingerprint density at radius 2 is 2.00 bits per heavy atom. The molecule has 0 spiro atoms. The summed E-state index contributed by atoms with van der Waals surface area (Å²) in [6.45, 7) is 0.197. The van der Waals surface area contributed by atoms with Gasteiger partial charge in [-0.05, 0) is 12.8 Å². The molecule has 0 aromatic heterocycles. The van der Waals surface area contributed by atoms with Crippen molar-refractivity contribution in [2.75, 3.05) is 6.54 Å². The summed E-state index contributed by atoms with van der Waals surface area (Å²) in [6, 6.07) is 0. The fourth-order valence-corrected chi connectivity index (χ4v) is 1.19. The summed E-state index contributed by atoms with van der Waals surface area (Å²) in [6.07, 6.45) is 0.153. The van der Waals surface area contributed by atoms with Crippen LogP contribution in [0.4, 0.5) is 4.79 Å². The number of hydrogen-bond donors (Lipinski definition) is 3. The number of amides is 1. The highest BCUT2D eigenvalue weighted by Gasteiger charge is 2.37. The number of piperidine rings is 1. The van der Waals surface area contributed by atoms with Crippen LogP contribution in [0.2, 0.25) is 0 Å². The fraction of sp³-hybridized carbons (Fsp3) is 0.833. The zero-order chi connectivity index (χ0) is 8.48. The third kappa shape index (κ3) is 1.61. The van der Waals surface area contributed by atoms with E-state index in [9.17, 15) is 4.79 Å². The molecular formula is C6H11NO4. The van der Waals surface area contributed by atoms with E-state index in [0.717, 1.165) is 0 Å².